The van der Waals surface area contributed by atoms with Gasteiger partial charge in [-0.1, -0.05) is 19.1 Å². The number of nitrogens with one attached hydrogen (secondary N) is 1. The highest BCUT2D eigenvalue weighted by atomic mass is 16.5. The largest absolute Gasteiger partial charge is 0.381 e. The van der Waals surface area contributed by atoms with Crippen molar-refractivity contribution in [1.29, 1.82) is 0 Å². The molecule has 3 nitrogen and oxygen atoms in total. The number of nitrogens with zero attached hydrogens (tertiary/aromatic N) is 1. The van der Waals surface area contributed by atoms with Crippen molar-refractivity contribution < 1.29 is 4.74 Å². The van der Waals surface area contributed by atoms with E-state index in [2.05, 4.69) is 30.3 Å². The van der Waals surface area contributed by atoms with Gasteiger partial charge in [0.05, 0.1) is 6.61 Å². The lowest BCUT2D eigenvalue weighted by molar-refractivity contribution is 0.0198. The van der Waals surface area contributed by atoms with Crippen molar-refractivity contribution in [3.63, 3.8) is 0 Å². The van der Waals surface area contributed by atoms with E-state index in [0.717, 1.165) is 45.8 Å². The summed E-state index contributed by atoms with van der Waals surface area (Å²) < 4.78 is 5.60. The first-order valence-corrected chi connectivity index (χ1v) is 6.57. The minimum atomic E-state index is 0.573. The van der Waals surface area contributed by atoms with Crippen LogP contribution < -0.4 is 5.32 Å². The van der Waals surface area contributed by atoms with Gasteiger partial charge >= 0.3 is 0 Å². The van der Waals surface area contributed by atoms with Crippen LogP contribution in [0.4, 0.5) is 0 Å². The monoisotopic (exact) mass is 238 g/mol. The van der Waals surface area contributed by atoms with Gasteiger partial charge in [-0.15, -0.1) is 13.2 Å². The zero-order valence-electron chi connectivity index (χ0n) is 11.0. The fraction of sp³-hybridized carbons (Fsp3) is 0.714. The minimum absolute atomic E-state index is 0.573. The molecule has 0 saturated carbocycles. The molecule has 17 heavy (non-hydrogen) atoms. The Morgan fingerprint density at radius 3 is 2.65 bits per heavy atom. The second-order valence-corrected chi connectivity index (χ2v) is 4.58. The molecule has 0 spiro atoms. The summed E-state index contributed by atoms with van der Waals surface area (Å²) in [6, 6.07) is 0.589. The Morgan fingerprint density at radius 1 is 1.35 bits per heavy atom. The molecule has 0 aromatic carbocycles. The zero-order chi connectivity index (χ0) is 12.5. The number of hydrogen-bond donors (Lipinski definition) is 1. The first-order valence-electron chi connectivity index (χ1n) is 6.57. The normalized spacial score (nSPS) is 24.8. The summed E-state index contributed by atoms with van der Waals surface area (Å²) in [6.07, 6.45) is 5.03. The third-order valence-electron chi connectivity index (χ3n) is 3.21. The van der Waals surface area contributed by atoms with E-state index < -0.39 is 0 Å². The van der Waals surface area contributed by atoms with E-state index in [1.165, 1.54) is 0 Å². The Hall–Kier alpha value is -0.640. The molecule has 2 unspecified atom stereocenters. The molecule has 0 aromatic rings. The zero-order valence-corrected chi connectivity index (χ0v) is 11.0. The topological polar surface area (TPSA) is 24.5 Å². The van der Waals surface area contributed by atoms with Crippen LogP contribution in [0, 0.1) is 5.92 Å². The van der Waals surface area contributed by atoms with Crippen molar-refractivity contribution >= 4 is 0 Å². The van der Waals surface area contributed by atoms with Crippen LogP contribution in [0.2, 0.25) is 0 Å². The van der Waals surface area contributed by atoms with Gasteiger partial charge in [-0.2, -0.15) is 0 Å². The maximum Gasteiger partial charge on any atom is 0.0521 e. The molecule has 1 rings (SSSR count). The van der Waals surface area contributed by atoms with Crippen LogP contribution in [0.3, 0.4) is 0 Å². The van der Waals surface area contributed by atoms with E-state index in [9.17, 15) is 0 Å². The molecule has 1 N–H and O–H groups in total. The van der Waals surface area contributed by atoms with Crippen LogP contribution in [-0.4, -0.2) is 50.3 Å². The highest BCUT2D eigenvalue weighted by Gasteiger charge is 2.26. The third kappa shape index (κ3) is 5.02. The molecule has 1 saturated heterocycles. The van der Waals surface area contributed by atoms with Gasteiger partial charge in [0.15, 0.2) is 0 Å². The average Bonchev–Trinajstić information content (AvgIpc) is 2.33. The fourth-order valence-corrected chi connectivity index (χ4v) is 2.43. The van der Waals surface area contributed by atoms with Crippen LogP contribution in [0.1, 0.15) is 13.3 Å². The molecule has 1 fully saturated rings. The Balaban J connectivity index is 2.48. The number of rotatable bonds is 8. The molecule has 0 aliphatic carbocycles. The molecular formula is C14H26N2O. The summed E-state index contributed by atoms with van der Waals surface area (Å²) in [5.41, 5.74) is 0. The molecule has 3 heteroatoms. The molecular weight excluding hydrogens is 212 g/mol. The summed E-state index contributed by atoms with van der Waals surface area (Å²) in [7, 11) is 0. The third-order valence-corrected chi connectivity index (χ3v) is 3.21. The van der Waals surface area contributed by atoms with Gasteiger partial charge in [0, 0.05) is 38.2 Å². The Morgan fingerprint density at radius 2 is 2.06 bits per heavy atom. The van der Waals surface area contributed by atoms with Crippen molar-refractivity contribution in [2.24, 2.45) is 5.92 Å². The summed E-state index contributed by atoms with van der Waals surface area (Å²) in [6.45, 7) is 15.4. The molecule has 1 aliphatic rings. The lowest BCUT2D eigenvalue weighted by atomic mass is 9.95. The average molecular weight is 238 g/mol. The molecule has 0 aromatic heterocycles. The fourth-order valence-electron chi connectivity index (χ4n) is 2.43. The molecule has 1 heterocycles. The van der Waals surface area contributed by atoms with Gasteiger partial charge in [-0.3, -0.25) is 4.90 Å². The summed E-state index contributed by atoms with van der Waals surface area (Å²) in [4.78, 5) is 2.36. The summed E-state index contributed by atoms with van der Waals surface area (Å²) in [5.74, 6) is 0.573. The van der Waals surface area contributed by atoms with Crippen LogP contribution in [0.5, 0.6) is 0 Å². The highest BCUT2D eigenvalue weighted by Crippen LogP contribution is 2.16. The standard InChI is InChI=1S/C14H26N2O/c1-4-8-16(9-5-2)11-13-12-17-10-7-14(13)15-6-3/h4-5,13-15H,1-2,6-12H2,3H3. The van der Waals surface area contributed by atoms with Gasteiger partial charge in [0.1, 0.15) is 0 Å². The molecule has 0 radical (unpaired) electrons. The summed E-state index contributed by atoms with van der Waals surface area (Å²) in [5, 5.41) is 3.57. The Kier molecular flexibility index (Phi) is 7.17. The van der Waals surface area contributed by atoms with E-state index in [0.29, 0.717) is 12.0 Å². The second-order valence-electron chi connectivity index (χ2n) is 4.58. The van der Waals surface area contributed by atoms with Crippen molar-refractivity contribution in [2.75, 3.05) is 39.4 Å². The first-order chi connectivity index (χ1) is 8.31. The number of ether oxygens (including phenoxy) is 1. The van der Waals surface area contributed by atoms with Gasteiger partial charge in [-0.25, -0.2) is 0 Å². The van der Waals surface area contributed by atoms with E-state index in [4.69, 9.17) is 4.74 Å². The van der Waals surface area contributed by atoms with Crippen molar-refractivity contribution in [2.45, 2.75) is 19.4 Å². The van der Waals surface area contributed by atoms with Gasteiger partial charge in [-0.05, 0) is 13.0 Å². The van der Waals surface area contributed by atoms with Crippen molar-refractivity contribution in [1.82, 2.24) is 10.2 Å². The maximum atomic E-state index is 5.60. The predicted octanol–water partition coefficient (Wildman–Crippen LogP) is 1.68. The predicted molar refractivity (Wildman–Crippen MR) is 73.2 cm³/mol. The van der Waals surface area contributed by atoms with Gasteiger partial charge in [0.2, 0.25) is 0 Å². The van der Waals surface area contributed by atoms with Crippen LogP contribution >= 0.6 is 0 Å². The quantitative estimate of drug-likeness (QED) is 0.651. The van der Waals surface area contributed by atoms with E-state index in [-0.39, 0.29) is 0 Å². The SMILES string of the molecule is C=CCN(CC=C)CC1COCCC1NCC. The summed E-state index contributed by atoms with van der Waals surface area (Å²) >= 11 is 0. The van der Waals surface area contributed by atoms with Crippen LogP contribution in [-0.2, 0) is 4.74 Å². The Bertz CT molecular complexity index is 218. The molecule has 0 bridgehead atoms. The van der Waals surface area contributed by atoms with Crippen molar-refractivity contribution in [3.8, 4) is 0 Å². The van der Waals surface area contributed by atoms with Gasteiger partial charge < -0.3 is 10.1 Å². The second kappa shape index (κ2) is 8.45. The van der Waals surface area contributed by atoms with E-state index >= 15 is 0 Å². The molecule has 1 aliphatic heterocycles. The molecule has 2 atom stereocenters. The lowest BCUT2D eigenvalue weighted by Crippen LogP contribution is -2.47. The first kappa shape index (κ1) is 14.4. The van der Waals surface area contributed by atoms with Crippen molar-refractivity contribution in [3.05, 3.63) is 25.3 Å². The van der Waals surface area contributed by atoms with Crippen LogP contribution in [0.15, 0.2) is 25.3 Å². The van der Waals surface area contributed by atoms with E-state index in [1.54, 1.807) is 0 Å². The molecule has 0 amide bonds. The minimum Gasteiger partial charge on any atom is -0.381 e. The Labute approximate surface area is 106 Å². The van der Waals surface area contributed by atoms with E-state index in [1.807, 2.05) is 12.2 Å². The number of hydrogen-bond acceptors (Lipinski definition) is 3. The molecule has 98 valence electrons. The van der Waals surface area contributed by atoms with Crippen LogP contribution in [0.25, 0.3) is 0 Å². The smallest absolute Gasteiger partial charge is 0.0521 e. The van der Waals surface area contributed by atoms with Gasteiger partial charge in [0.25, 0.3) is 0 Å². The lowest BCUT2D eigenvalue weighted by Gasteiger charge is -2.35. The highest BCUT2D eigenvalue weighted by molar-refractivity contribution is 4.86. The maximum absolute atomic E-state index is 5.60.